The van der Waals surface area contributed by atoms with Crippen molar-refractivity contribution in [3.05, 3.63) is 24.5 Å². The molecule has 0 N–H and O–H groups in total. The number of piperidine rings is 1. The second kappa shape index (κ2) is 7.34. The highest BCUT2D eigenvalue weighted by Crippen LogP contribution is 2.41. The first-order chi connectivity index (χ1) is 11.2. The van der Waals surface area contributed by atoms with Crippen molar-refractivity contribution >= 4 is 23.5 Å². The second-order valence-corrected chi connectivity index (χ2v) is 7.32. The summed E-state index contributed by atoms with van der Waals surface area (Å²) in [6.45, 7) is 2.09. The minimum atomic E-state index is -0.242. The van der Waals surface area contributed by atoms with E-state index in [-0.39, 0.29) is 11.7 Å². The third-order valence-corrected chi connectivity index (χ3v) is 5.58. The first-order valence-corrected chi connectivity index (χ1v) is 9.11. The molecule has 1 aliphatic carbocycles. The molecule has 3 rings (SSSR count). The molecule has 1 aromatic rings. The van der Waals surface area contributed by atoms with Gasteiger partial charge in [-0.05, 0) is 37.5 Å². The Hall–Kier alpha value is -1.56. The summed E-state index contributed by atoms with van der Waals surface area (Å²) in [6, 6.07) is 0. The van der Waals surface area contributed by atoms with Crippen molar-refractivity contribution < 1.29 is 9.53 Å². The topological polar surface area (TPSA) is 55.3 Å². The highest BCUT2D eigenvalue weighted by atomic mass is 32.2. The van der Waals surface area contributed by atoms with Gasteiger partial charge in [0.05, 0.1) is 25.3 Å². The van der Waals surface area contributed by atoms with Gasteiger partial charge in [0.25, 0.3) is 0 Å². The summed E-state index contributed by atoms with van der Waals surface area (Å²) in [4.78, 5) is 22.6. The maximum Gasteiger partial charge on any atom is 0.316 e. The standard InChI is InChI=1S/C17H23N3O2S/c1-22-16(21)12-23-15-11-18-10-14(19-15)20-9-5-8-17(13-20)6-3-2-4-7-17/h2-3,10-11H,4-9,12-13H2,1H3. The molecule has 0 amide bonds. The summed E-state index contributed by atoms with van der Waals surface area (Å²) >= 11 is 1.37. The normalized spacial score (nSPS) is 24.0. The predicted molar refractivity (Wildman–Crippen MR) is 91.6 cm³/mol. The molecule has 23 heavy (non-hydrogen) atoms. The number of rotatable bonds is 4. The van der Waals surface area contributed by atoms with E-state index in [0.717, 1.165) is 23.9 Å². The number of allylic oxidation sites excluding steroid dienone is 2. The van der Waals surface area contributed by atoms with Crippen LogP contribution < -0.4 is 4.90 Å². The molecule has 124 valence electrons. The van der Waals surface area contributed by atoms with Crippen molar-refractivity contribution in [2.45, 2.75) is 37.1 Å². The molecule has 1 saturated heterocycles. The molecule has 5 nitrogen and oxygen atoms in total. The van der Waals surface area contributed by atoms with E-state index in [0.29, 0.717) is 5.41 Å². The molecule has 0 radical (unpaired) electrons. The number of hydrogen-bond donors (Lipinski definition) is 0. The molecular formula is C17H23N3O2S. The Balaban J connectivity index is 1.68. The number of esters is 1. The first kappa shape index (κ1) is 16.3. The minimum absolute atomic E-state index is 0.242. The van der Waals surface area contributed by atoms with Crippen LogP contribution in [-0.2, 0) is 9.53 Å². The van der Waals surface area contributed by atoms with Crippen LogP contribution in [0.1, 0.15) is 32.1 Å². The van der Waals surface area contributed by atoms with E-state index >= 15 is 0 Å². The smallest absolute Gasteiger partial charge is 0.316 e. The Morgan fingerprint density at radius 3 is 3.09 bits per heavy atom. The highest BCUT2D eigenvalue weighted by Gasteiger charge is 2.35. The molecule has 1 aromatic heterocycles. The van der Waals surface area contributed by atoms with Gasteiger partial charge in [0.2, 0.25) is 0 Å². The van der Waals surface area contributed by atoms with Crippen LogP contribution >= 0.6 is 11.8 Å². The van der Waals surface area contributed by atoms with Crippen LogP contribution in [0, 0.1) is 5.41 Å². The van der Waals surface area contributed by atoms with Gasteiger partial charge in [-0.15, -0.1) is 0 Å². The summed E-state index contributed by atoms with van der Waals surface area (Å²) < 4.78 is 4.67. The van der Waals surface area contributed by atoms with Crippen molar-refractivity contribution in [3.8, 4) is 0 Å². The monoisotopic (exact) mass is 333 g/mol. The van der Waals surface area contributed by atoms with Crippen LogP contribution in [-0.4, -0.2) is 41.9 Å². The lowest BCUT2D eigenvalue weighted by molar-refractivity contribution is -0.137. The molecule has 1 fully saturated rings. The highest BCUT2D eigenvalue weighted by molar-refractivity contribution is 7.99. The van der Waals surface area contributed by atoms with Crippen molar-refractivity contribution in [2.75, 3.05) is 30.9 Å². The fourth-order valence-electron chi connectivity index (χ4n) is 3.47. The Bertz CT molecular complexity index is 593. The molecule has 0 saturated carbocycles. The fraction of sp³-hybridized carbons (Fsp3) is 0.588. The van der Waals surface area contributed by atoms with Gasteiger partial charge in [-0.2, -0.15) is 0 Å². The molecule has 2 heterocycles. The first-order valence-electron chi connectivity index (χ1n) is 8.12. The van der Waals surface area contributed by atoms with Gasteiger partial charge < -0.3 is 9.64 Å². The van der Waals surface area contributed by atoms with Crippen LogP contribution in [0.4, 0.5) is 5.82 Å². The summed E-state index contributed by atoms with van der Waals surface area (Å²) in [5.74, 6) is 0.949. The predicted octanol–water partition coefficient (Wildman–Crippen LogP) is 3.07. The van der Waals surface area contributed by atoms with E-state index in [1.807, 2.05) is 6.20 Å². The molecule has 1 spiro atoms. The van der Waals surface area contributed by atoms with Crippen LogP contribution in [0.15, 0.2) is 29.6 Å². The van der Waals surface area contributed by atoms with E-state index in [9.17, 15) is 4.79 Å². The van der Waals surface area contributed by atoms with Crippen LogP contribution in [0.3, 0.4) is 0 Å². The van der Waals surface area contributed by atoms with Gasteiger partial charge in [-0.25, -0.2) is 4.98 Å². The third-order valence-electron chi connectivity index (χ3n) is 4.71. The number of aromatic nitrogens is 2. The van der Waals surface area contributed by atoms with E-state index in [1.54, 1.807) is 6.20 Å². The Morgan fingerprint density at radius 2 is 2.30 bits per heavy atom. The summed E-state index contributed by atoms with van der Waals surface area (Å²) in [6.07, 6.45) is 14.3. The van der Waals surface area contributed by atoms with Gasteiger partial charge >= 0.3 is 5.97 Å². The number of ether oxygens (including phenoxy) is 1. The van der Waals surface area contributed by atoms with Crippen LogP contribution in [0.25, 0.3) is 0 Å². The van der Waals surface area contributed by atoms with Crippen molar-refractivity contribution in [3.63, 3.8) is 0 Å². The largest absolute Gasteiger partial charge is 0.468 e. The molecule has 1 unspecified atom stereocenters. The number of nitrogens with zero attached hydrogens (tertiary/aromatic N) is 3. The second-order valence-electron chi connectivity index (χ2n) is 6.32. The zero-order valence-corrected chi connectivity index (χ0v) is 14.3. The number of carbonyl (C=O) groups excluding carboxylic acids is 1. The van der Waals surface area contributed by atoms with Crippen molar-refractivity contribution in [2.24, 2.45) is 5.41 Å². The Labute approximate surface area is 141 Å². The lowest BCUT2D eigenvalue weighted by atomic mass is 9.71. The number of methoxy groups -OCH3 is 1. The third kappa shape index (κ3) is 4.05. The lowest BCUT2D eigenvalue weighted by Crippen LogP contribution is -2.44. The van der Waals surface area contributed by atoms with E-state index in [4.69, 9.17) is 0 Å². The number of thioether (sulfide) groups is 1. The molecule has 2 aliphatic rings. The summed E-state index contributed by atoms with van der Waals surface area (Å²) in [7, 11) is 1.40. The van der Waals surface area contributed by atoms with Crippen LogP contribution in [0.2, 0.25) is 0 Å². The van der Waals surface area contributed by atoms with E-state index < -0.39 is 0 Å². The summed E-state index contributed by atoms with van der Waals surface area (Å²) in [5.41, 5.74) is 0.407. The van der Waals surface area contributed by atoms with E-state index in [2.05, 4.69) is 31.8 Å². The van der Waals surface area contributed by atoms with Gasteiger partial charge in [0, 0.05) is 13.1 Å². The molecule has 1 aliphatic heterocycles. The number of anilines is 1. The lowest BCUT2D eigenvalue weighted by Gasteiger charge is -2.44. The summed E-state index contributed by atoms with van der Waals surface area (Å²) in [5, 5.41) is 0.774. The van der Waals surface area contributed by atoms with Gasteiger partial charge in [-0.3, -0.25) is 9.78 Å². The van der Waals surface area contributed by atoms with Gasteiger partial charge in [-0.1, -0.05) is 23.9 Å². The zero-order chi connectivity index (χ0) is 16.1. The number of hydrogen-bond acceptors (Lipinski definition) is 6. The zero-order valence-electron chi connectivity index (χ0n) is 13.5. The quantitative estimate of drug-likeness (QED) is 0.479. The SMILES string of the molecule is COC(=O)CSc1cncc(N2CCCC3(CC=CCC3)C2)n1. The molecule has 6 heteroatoms. The average Bonchev–Trinajstić information content (AvgIpc) is 2.60. The average molecular weight is 333 g/mol. The molecule has 0 aromatic carbocycles. The van der Waals surface area contributed by atoms with Crippen molar-refractivity contribution in [1.82, 2.24) is 9.97 Å². The van der Waals surface area contributed by atoms with Crippen LogP contribution in [0.5, 0.6) is 0 Å². The minimum Gasteiger partial charge on any atom is -0.468 e. The molecule has 0 bridgehead atoms. The van der Waals surface area contributed by atoms with Crippen molar-refractivity contribution in [1.29, 1.82) is 0 Å². The number of carbonyl (C=O) groups is 1. The fourth-order valence-corrected chi connectivity index (χ4v) is 4.15. The maximum atomic E-state index is 11.3. The Kier molecular flexibility index (Phi) is 5.20. The molecular weight excluding hydrogens is 310 g/mol. The van der Waals surface area contributed by atoms with Gasteiger partial charge in [0.1, 0.15) is 10.8 Å². The Morgan fingerprint density at radius 1 is 1.39 bits per heavy atom. The van der Waals surface area contributed by atoms with Gasteiger partial charge in [0.15, 0.2) is 0 Å². The molecule has 1 atom stereocenters. The maximum absolute atomic E-state index is 11.3. The van der Waals surface area contributed by atoms with E-state index in [1.165, 1.54) is 51.0 Å².